The summed E-state index contributed by atoms with van der Waals surface area (Å²) in [5.41, 5.74) is 3.26. The highest BCUT2D eigenvalue weighted by Crippen LogP contribution is 2.32. The van der Waals surface area contributed by atoms with Crippen LogP contribution >= 0.6 is 23.2 Å². The van der Waals surface area contributed by atoms with Gasteiger partial charge in [0.15, 0.2) is 0 Å². The molecular formula is C23H26Cl2N2O3. The highest BCUT2D eigenvalue weighted by atomic mass is 35.5. The summed E-state index contributed by atoms with van der Waals surface area (Å²) in [6.07, 6.45) is 7.25. The van der Waals surface area contributed by atoms with Crippen molar-refractivity contribution in [2.75, 3.05) is 6.61 Å². The standard InChI is InChI=1S/C23H26Cl2N2O3/c1-2-30-23(29)15-12-10-14(11-13-15)21(26)16-6-3-4-9-19(16)27-22(28)20-17(24)7-5-8-18(20)25/h5,7-8,10,15,26H,2-4,6,9,11-13H2,1H3,(H,27,28). The van der Waals surface area contributed by atoms with Crippen LogP contribution in [-0.2, 0) is 9.53 Å². The molecular weight excluding hydrogens is 423 g/mol. The predicted octanol–water partition coefficient (Wildman–Crippen LogP) is 5.86. The molecule has 0 spiro atoms. The molecule has 0 saturated heterocycles. The van der Waals surface area contributed by atoms with Crippen molar-refractivity contribution >= 4 is 40.8 Å². The van der Waals surface area contributed by atoms with E-state index in [2.05, 4.69) is 5.32 Å². The summed E-state index contributed by atoms with van der Waals surface area (Å²) in [4.78, 5) is 24.8. The Labute approximate surface area is 187 Å². The van der Waals surface area contributed by atoms with Crippen LogP contribution in [0.15, 0.2) is 41.1 Å². The first-order valence-corrected chi connectivity index (χ1v) is 11.1. The first kappa shape index (κ1) is 22.6. The van der Waals surface area contributed by atoms with Crippen LogP contribution in [0.2, 0.25) is 10.0 Å². The molecule has 2 N–H and O–H groups in total. The van der Waals surface area contributed by atoms with E-state index in [1.54, 1.807) is 25.1 Å². The molecule has 0 aromatic heterocycles. The average molecular weight is 449 g/mol. The van der Waals surface area contributed by atoms with Gasteiger partial charge in [0.25, 0.3) is 5.91 Å². The molecule has 30 heavy (non-hydrogen) atoms. The smallest absolute Gasteiger partial charge is 0.309 e. The van der Waals surface area contributed by atoms with Crippen molar-refractivity contribution < 1.29 is 14.3 Å². The van der Waals surface area contributed by atoms with Gasteiger partial charge in [-0.3, -0.25) is 9.59 Å². The van der Waals surface area contributed by atoms with E-state index in [0.29, 0.717) is 48.0 Å². The van der Waals surface area contributed by atoms with Gasteiger partial charge in [-0.1, -0.05) is 35.3 Å². The SMILES string of the molecule is CCOC(=O)C1CC=C(C(=N)C2=C(NC(=O)c3c(Cl)cccc3Cl)CCCC2)CC1. The molecule has 1 amide bonds. The summed E-state index contributed by atoms with van der Waals surface area (Å²) in [7, 11) is 0. The van der Waals surface area contributed by atoms with Gasteiger partial charge >= 0.3 is 5.97 Å². The molecule has 1 aromatic rings. The van der Waals surface area contributed by atoms with Gasteiger partial charge < -0.3 is 15.5 Å². The predicted molar refractivity (Wildman–Crippen MR) is 119 cm³/mol. The van der Waals surface area contributed by atoms with Crippen molar-refractivity contribution in [3.8, 4) is 0 Å². The monoisotopic (exact) mass is 448 g/mol. The summed E-state index contributed by atoms with van der Waals surface area (Å²) in [5.74, 6) is -0.656. The van der Waals surface area contributed by atoms with Crippen molar-refractivity contribution in [2.24, 2.45) is 5.92 Å². The first-order valence-electron chi connectivity index (χ1n) is 10.3. The van der Waals surface area contributed by atoms with E-state index in [0.717, 1.165) is 36.1 Å². The lowest BCUT2D eigenvalue weighted by Gasteiger charge is -2.26. The number of carbonyl (C=O) groups excluding carboxylic acids is 2. The maximum atomic E-state index is 12.8. The second-order valence-electron chi connectivity index (χ2n) is 7.54. The third kappa shape index (κ3) is 5.13. The fraction of sp³-hybridized carbons (Fsp3) is 0.435. The number of esters is 1. The minimum absolute atomic E-state index is 0.136. The van der Waals surface area contributed by atoms with Crippen LogP contribution in [0.3, 0.4) is 0 Å². The summed E-state index contributed by atoms with van der Waals surface area (Å²) in [6, 6.07) is 4.96. The number of amides is 1. The van der Waals surface area contributed by atoms with Crippen LogP contribution in [0.5, 0.6) is 0 Å². The number of allylic oxidation sites excluding steroid dienone is 4. The Morgan fingerprint density at radius 3 is 2.50 bits per heavy atom. The molecule has 1 atom stereocenters. The van der Waals surface area contributed by atoms with E-state index in [1.165, 1.54) is 0 Å². The van der Waals surface area contributed by atoms with Gasteiger partial charge in [-0.15, -0.1) is 0 Å². The third-order valence-electron chi connectivity index (χ3n) is 5.58. The van der Waals surface area contributed by atoms with Crippen LogP contribution in [0, 0.1) is 11.3 Å². The molecule has 7 heteroatoms. The van der Waals surface area contributed by atoms with Crippen molar-refractivity contribution in [3.63, 3.8) is 0 Å². The number of ether oxygens (including phenoxy) is 1. The van der Waals surface area contributed by atoms with E-state index in [9.17, 15) is 9.59 Å². The summed E-state index contributed by atoms with van der Waals surface area (Å²) in [5, 5.41) is 12.3. The van der Waals surface area contributed by atoms with E-state index in [-0.39, 0.29) is 23.4 Å². The minimum Gasteiger partial charge on any atom is -0.466 e. The van der Waals surface area contributed by atoms with Crippen molar-refractivity contribution in [3.05, 3.63) is 56.7 Å². The molecule has 0 heterocycles. The molecule has 1 aromatic carbocycles. The molecule has 160 valence electrons. The van der Waals surface area contributed by atoms with Crippen LogP contribution < -0.4 is 5.32 Å². The maximum Gasteiger partial charge on any atom is 0.309 e. The zero-order valence-corrected chi connectivity index (χ0v) is 18.5. The van der Waals surface area contributed by atoms with Gasteiger partial charge in [-0.05, 0) is 75.1 Å². The Balaban J connectivity index is 1.78. The number of hydrogen-bond acceptors (Lipinski definition) is 4. The van der Waals surface area contributed by atoms with Gasteiger partial charge in [0, 0.05) is 5.70 Å². The fourth-order valence-electron chi connectivity index (χ4n) is 3.96. The molecule has 0 fully saturated rings. The summed E-state index contributed by atoms with van der Waals surface area (Å²) >= 11 is 12.3. The molecule has 3 rings (SSSR count). The number of hydrogen-bond donors (Lipinski definition) is 2. The Hall–Kier alpha value is -2.11. The van der Waals surface area contributed by atoms with Crippen LogP contribution in [0.4, 0.5) is 0 Å². The van der Waals surface area contributed by atoms with Crippen molar-refractivity contribution in [1.82, 2.24) is 5.32 Å². The lowest BCUT2D eigenvalue weighted by atomic mass is 9.83. The van der Waals surface area contributed by atoms with Crippen molar-refractivity contribution in [2.45, 2.75) is 51.9 Å². The molecule has 0 radical (unpaired) electrons. The lowest BCUT2D eigenvalue weighted by molar-refractivity contribution is -0.148. The number of carbonyl (C=O) groups is 2. The van der Waals surface area contributed by atoms with Gasteiger partial charge in [-0.25, -0.2) is 0 Å². The quantitative estimate of drug-likeness (QED) is 0.422. The van der Waals surface area contributed by atoms with E-state index in [1.807, 2.05) is 6.08 Å². The average Bonchev–Trinajstić information content (AvgIpc) is 2.74. The molecule has 1 unspecified atom stereocenters. The van der Waals surface area contributed by atoms with Crippen LogP contribution in [-0.4, -0.2) is 24.2 Å². The first-order chi connectivity index (χ1) is 14.4. The summed E-state index contributed by atoms with van der Waals surface area (Å²) in [6.45, 7) is 2.19. The Bertz CT molecular complexity index is 901. The molecule has 0 aliphatic heterocycles. The van der Waals surface area contributed by atoms with Gasteiger partial charge in [0.05, 0.1) is 33.8 Å². The third-order valence-corrected chi connectivity index (χ3v) is 6.21. The highest BCUT2D eigenvalue weighted by Gasteiger charge is 2.27. The molecule has 2 aliphatic carbocycles. The zero-order valence-electron chi connectivity index (χ0n) is 17.0. The van der Waals surface area contributed by atoms with Crippen molar-refractivity contribution in [1.29, 1.82) is 5.41 Å². The van der Waals surface area contributed by atoms with Crippen LogP contribution in [0.1, 0.15) is 62.2 Å². The second kappa shape index (κ2) is 10.3. The molecule has 2 aliphatic rings. The molecule has 0 saturated carbocycles. The fourth-order valence-corrected chi connectivity index (χ4v) is 4.53. The van der Waals surface area contributed by atoms with E-state index >= 15 is 0 Å². The Morgan fingerprint density at radius 2 is 1.87 bits per heavy atom. The van der Waals surface area contributed by atoms with Gasteiger partial charge in [0.1, 0.15) is 0 Å². The summed E-state index contributed by atoms with van der Waals surface area (Å²) < 4.78 is 5.12. The number of rotatable bonds is 6. The van der Waals surface area contributed by atoms with E-state index in [4.69, 9.17) is 33.3 Å². The lowest BCUT2D eigenvalue weighted by Crippen LogP contribution is -2.28. The Kier molecular flexibility index (Phi) is 7.73. The molecule has 5 nitrogen and oxygen atoms in total. The van der Waals surface area contributed by atoms with Gasteiger partial charge in [0.2, 0.25) is 0 Å². The normalized spacial score (nSPS) is 19.2. The topological polar surface area (TPSA) is 79.2 Å². The second-order valence-corrected chi connectivity index (χ2v) is 8.36. The van der Waals surface area contributed by atoms with E-state index < -0.39 is 0 Å². The zero-order chi connectivity index (χ0) is 21.7. The minimum atomic E-state index is -0.354. The number of nitrogens with one attached hydrogen (secondary N) is 2. The number of halogens is 2. The number of benzene rings is 1. The molecule has 0 bridgehead atoms. The van der Waals surface area contributed by atoms with Crippen LogP contribution in [0.25, 0.3) is 0 Å². The largest absolute Gasteiger partial charge is 0.466 e. The van der Waals surface area contributed by atoms with Gasteiger partial charge in [-0.2, -0.15) is 0 Å². The highest BCUT2D eigenvalue weighted by molar-refractivity contribution is 6.39. The maximum absolute atomic E-state index is 12.8. The Morgan fingerprint density at radius 1 is 1.17 bits per heavy atom.